The first-order chi connectivity index (χ1) is 14.4. The number of pyridine rings is 1. The van der Waals surface area contributed by atoms with Gasteiger partial charge in [0.05, 0.1) is 17.6 Å². The monoisotopic (exact) mass is 462 g/mol. The number of thiophene rings is 1. The number of halogens is 2. The number of hydrogen-bond acceptors (Lipinski definition) is 4. The van der Waals surface area contributed by atoms with Crippen LogP contribution < -0.4 is 10.3 Å². The summed E-state index contributed by atoms with van der Waals surface area (Å²) in [7, 11) is 1.58. The summed E-state index contributed by atoms with van der Waals surface area (Å²) in [6.45, 7) is 0.181. The third-order valence-electron chi connectivity index (χ3n) is 4.89. The Hall–Kier alpha value is -2.74. The number of methoxy groups -OCH3 is 1. The number of amides is 1. The first kappa shape index (κ1) is 20.5. The van der Waals surface area contributed by atoms with E-state index >= 15 is 0 Å². The van der Waals surface area contributed by atoms with Gasteiger partial charge in [-0.05, 0) is 29.0 Å². The molecule has 0 aliphatic carbocycles. The lowest BCUT2D eigenvalue weighted by Crippen LogP contribution is -2.21. The average molecular weight is 463 g/mol. The van der Waals surface area contributed by atoms with E-state index in [1.807, 2.05) is 35.7 Å². The molecule has 0 aliphatic heterocycles. The zero-order valence-corrected chi connectivity index (χ0v) is 18.1. The summed E-state index contributed by atoms with van der Waals surface area (Å²) >= 11 is 13.5. The van der Waals surface area contributed by atoms with E-state index in [4.69, 9.17) is 33.2 Å². The predicted octanol–water partition coefficient (Wildman–Crippen LogP) is 5.75. The highest BCUT2D eigenvalue weighted by atomic mass is 35.5. The molecule has 4 rings (SSSR count). The number of H-pyrrole nitrogens is 1. The normalized spacial score (nSPS) is 11.2. The Morgan fingerprint density at radius 3 is 2.67 bits per heavy atom. The molecule has 0 saturated carbocycles. The van der Waals surface area contributed by atoms with Gasteiger partial charge in [0.1, 0.15) is 10.4 Å². The van der Waals surface area contributed by atoms with E-state index in [1.165, 1.54) is 11.3 Å². The number of nitrogens with zero attached hydrogens (tertiary/aromatic N) is 1. The van der Waals surface area contributed by atoms with Crippen LogP contribution in [0.3, 0.4) is 0 Å². The molecule has 0 radical (unpaired) electrons. The predicted molar refractivity (Wildman–Crippen MR) is 121 cm³/mol. The number of hydrogen-bond donors (Lipinski definition) is 2. The lowest BCUT2D eigenvalue weighted by atomic mass is 9.96. The van der Waals surface area contributed by atoms with Crippen molar-refractivity contribution in [2.45, 2.75) is 6.42 Å². The van der Waals surface area contributed by atoms with E-state index in [2.05, 4.69) is 4.98 Å². The van der Waals surface area contributed by atoms with Gasteiger partial charge in [-0.1, -0.05) is 35.9 Å². The van der Waals surface area contributed by atoms with Gasteiger partial charge >= 0.3 is 6.09 Å². The molecule has 6 nitrogen and oxygen atoms in total. The van der Waals surface area contributed by atoms with Crippen molar-refractivity contribution < 1.29 is 14.6 Å². The van der Waals surface area contributed by atoms with Crippen molar-refractivity contribution in [3.63, 3.8) is 0 Å². The Labute approximate surface area is 185 Å². The zero-order valence-electron chi connectivity index (χ0n) is 15.7. The maximum atomic E-state index is 12.4. The molecular formula is C21H16Cl2N2O4S. The third kappa shape index (κ3) is 3.60. The van der Waals surface area contributed by atoms with Crippen molar-refractivity contribution in [3.05, 3.63) is 62.7 Å². The second-order valence-electron chi connectivity index (χ2n) is 6.62. The molecule has 30 heavy (non-hydrogen) atoms. The highest BCUT2D eigenvalue weighted by molar-refractivity contribution is 7.17. The Kier molecular flexibility index (Phi) is 5.60. The standard InChI is InChI=1S/C21H16Cl2N2O4S/c1-29-15-10-14(22)18-17(13-7-9-30-19(13)20(26)24-18)16(15)12-4-2-11(3-5-12)6-8-25(23)21(27)28/h2-5,7,9-10H,6,8H2,1H3,(H,24,26)(H,27,28). The molecule has 9 heteroatoms. The fourth-order valence-electron chi connectivity index (χ4n) is 3.48. The van der Waals surface area contributed by atoms with Gasteiger partial charge in [0.25, 0.3) is 5.56 Å². The highest BCUT2D eigenvalue weighted by Gasteiger charge is 2.19. The molecule has 0 spiro atoms. The van der Waals surface area contributed by atoms with Crippen LogP contribution >= 0.6 is 34.7 Å². The largest absolute Gasteiger partial charge is 0.496 e. The average Bonchev–Trinajstić information content (AvgIpc) is 3.23. The van der Waals surface area contributed by atoms with Gasteiger partial charge in [-0.15, -0.1) is 11.3 Å². The van der Waals surface area contributed by atoms with Gasteiger partial charge in [0, 0.05) is 40.7 Å². The molecule has 2 heterocycles. The van der Waals surface area contributed by atoms with Crippen LogP contribution in [0.15, 0.2) is 46.6 Å². The summed E-state index contributed by atoms with van der Waals surface area (Å²) in [5, 5.41) is 12.8. The molecule has 154 valence electrons. The summed E-state index contributed by atoms with van der Waals surface area (Å²) in [6.07, 6.45) is -0.698. The summed E-state index contributed by atoms with van der Waals surface area (Å²) < 4.78 is 6.97. The highest BCUT2D eigenvalue weighted by Crippen LogP contribution is 2.43. The molecule has 0 bridgehead atoms. The van der Waals surface area contributed by atoms with E-state index in [0.29, 0.717) is 27.4 Å². The van der Waals surface area contributed by atoms with Crippen molar-refractivity contribution in [2.24, 2.45) is 0 Å². The summed E-state index contributed by atoms with van der Waals surface area (Å²) in [5.41, 5.74) is 3.04. The maximum Gasteiger partial charge on any atom is 0.422 e. The zero-order chi connectivity index (χ0) is 21.4. The van der Waals surface area contributed by atoms with Crippen LogP contribution in [0.25, 0.3) is 32.1 Å². The van der Waals surface area contributed by atoms with E-state index in [-0.39, 0.29) is 12.1 Å². The van der Waals surface area contributed by atoms with E-state index < -0.39 is 6.09 Å². The summed E-state index contributed by atoms with van der Waals surface area (Å²) in [4.78, 5) is 26.2. The number of ether oxygens (including phenoxy) is 1. The quantitative estimate of drug-likeness (QED) is 0.370. The van der Waals surface area contributed by atoms with Gasteiger partial charge in [0.15, 0.2) is 0 Å². The van der Waals surface area contributed by atoms with Crippen LogP contribution in [0.2, 0.25) is 5.02 Å². The number of benzene rings is 2. The van der Waals surface area contributed by atoms with Crippen molar-refractivity contribution in [1.29, 1.82) is 0 Å². The SMILES string of the molecule is COc1cc(Cl)c2[nH]c(=O)c3sccc3c2c1-c1ccc(CCN(Cl)C(=O)O)cc1. The van der Waals surface area contributed by atoms with E-state index in [9.17, 15) is 9.59 Å². The molecule has 4 aromatic rings. The van der Waals surface area contributed by atoms with Crippen molar-refractivity contribution in [1.82, 2.24) is 9.40 Å². The first-order valence-electron chi connectivity index (χ1n) is 8.96. The molecule has 0 unspecified atom stereocenters. The van der Waals surface area contributed by atoms with Crippen molar-refractivity contribution in [3.8, 4) is 16.9 Å². The van der Waals surface area contributed by atoms with Gasteiger partial charge in [-0.2, -0.15) is 0 Å². The maximum absolute atomic E-state index is 12.4. The minimum Gasteiger partial charge on any atom is -0.496 e. The van der Waals surface area contributed by atoms with Crippen LogP contribution in [-0.4, -0.2) is 34.3 Å². The Morgan fingerprint density at radius 2 is 2.00 bits per heavy atom. The molecular weight excluding hydrogens is 447 g/mol. The van der Waals surface area contributed by atoms with Crippen LogP contribution in [0.1, 0.15) is 5.56 Å². The molecule has 0 saturated heterocycles. The van der Waals surface area contributed by atoms with Crippen LogP contribution in [-0.2, 0) is 6.42 Å². The Bertz CT molecular complexity index is 1310. The van der Waals surface area contributed by atoms with Crippen molar-refractivity contribution in [2.75, 3.05) is 13.7 Å². The minimum absolute atomic E-state index is 0.176. The van der Waals surface area contributed by atoms with E-state index in [1.54, 1.807) is 13.2 Å². The van der Waals surface area contributed by atoms with Crippen LogP contribution in [0, 0.1) is 0 Å². The topological polar surface area (TPSA) is 82.6 Å². The van der Waals surface area contributed by atoms with Crippen LogP contribution in [0.4, 0.5) is 4.79 Å². The number of carbonyl (C=O) groups is 1. The number of nitrogens with one attached hydrogen (secondary N) is 1. The number of aromatic nitrogens is 1. The minimum atomic E-state index is -1.18. The lowest BCUT2D eigenvalue weighted by Gasteiger charge is -2.15. The number of carboxylic acid groups (broad SMARTS) is 1. The second kappa shape index (κ2) is 8.18. The Morgan fingerprint density at radius 1 is 1.27 bits per heavy atom. The molecule has 0 aliphatic rings. The van der Waals surface area contributed by atoms with E-state index in [0.717, 1.165) is 31.9 Å². The summed E-state index contributed by atoms with van der Waals surface area (Å²) in [6, 6.07) is 11.3. The Balaban J connectivity index is 1.86. The molecule has 2 aromatic heterocycles. The third-order valence-corrected chi connectivity index (χ3v) is 6.41. The van der Waals surface area contributed by atoms with Crippen LogP contribution in [0.5, 0.6) is 5.75 Å². The second-order valence-corrected chi connectivity index (χ2v) is 8.35. The van der Waals surface area contributed by atoms with Gasteiger partial charge < -0.3 is 14.8 Å². The lowest BCUT2D eigenvalue weighted by molar-refractivity contribution is 0.173. The fourth-order valence-corrected chi connectivity index (χ4v) is 4.60. The number of rotatable bonds is 5. The molecule has 0 fully saturated rings. The molecule has 2 N–H and O–H groups in total. The molecule has 2 aromatic carbocycles. The molecule has 0 atom stereocenters. The van der Waals surface area contributed by atoms with Gasteiger partial charge in [0.2, 0.25) is 0 Å². The number of aromatic amines is 1. The smallest absolute Gasteiger partial charge is 0.422 e. The van der Waals surface area contributed by atoms with Gasteiger partial charge in [-0.25, -0.2) is 9.21 Å². The first-order valence-corrected chi connectivity index (χ1v) is 10.6. The van der Waals surface area contributed by atoms with Gasteiger partial charge in [-0.3, -0.25) is 4.79 Å². The summed E-state index contributed by atoms with van der Waals surface area (Å²) in [5.74, 6) is 0.595. The fraction of sp³-hybridized carbons (Fsp3) is 0.143. The number of fused-ring (bicyclic) bond motifs is 3. The van der Waals surface area contributed by atoms with Crippen molar-refractivity contribution >= 4 is 61.8 Å². The molecule has 1 amide bonds.